The largest absolute Gasteiger partial charge is 0.391 e. The second kappa shape index (κ2) is 6.39. The first-order valence-electron chi connectivity index (χ1n) is 6.85. The summed E-state index contributed by atoms with van der Waals surface area (Å²) in [6.45, 7) is 1.61. The van der Waals surface area contributed by atoms with Crippen LogP contribution < -0.4 is 10.6 Å². The zero-order chi connectivity index (χ0) is 15.5. The van der Waals surface area contributed by atoms with Gasteiger partial charge in [-0.15, -0.1) is 5.10 Å². The van der Waals surface area contributed by atoms with Crippen LogP contribution in [0.15, 0.2) is 24.5 Å². The van der Waals surface area contributed by atoms with Gasteiger partial charge in [-0.3, -0.25) is 4.79 Å². The Morgan fingerprint density at radius 3 is 3.05 bits per heavy atom. The molecule has 2 heterocycles. The fraction of sp³-hybridized carbons (Fsp3) is 0.385. The molecule has 0 saturated carbocycles. The summed E-state index contributed by atoms with van der Waals surface area (Å²) in [7, 11) is 0. The number of β-amino-alcohol motifs (C(OH)–C–C–N with tert-alkyl or cyclic N) is 1. The highest BCUT2D eigenvalue weighted by Gasteiger charge is 2.25. The van der Waals surface area contributed by atoms with E-state index < -0.39 is 6.10 Å². The molecular weight excluding hydrogens is 308 g/mol. The van der Waals surface area contributed by atoms with Crippen LogP contribution in [-0.4, -0.2) is 57.0 Å². The highest BCUT2D eigenvalue weighted by molar-refractivity contribution is 6.31. The number of nitrogens with zero attached hydrogens (tertiary/aromatic N) is 4. The van der Waals surface area contributed by atoms with Crippen molar-refractivity contribution in [2.24, 2.45) is 5.92 Å². The number of aliphatic hydroxyl groups is 1. The fourth-order valence-electron chi connectivity index (χ4n) is 2.41. The van der Waals surface area contributed by atoms with E-state index in [0.717, 1.165) is 0 Å². The van der Waals surface area contributed by atoms with E-state index >= 15 is 0 Å². The van der Waals surface area contributed by atoms with Crippen molar-refractivity contribution in [3.63, 3.8) is 0 Å². The average molecular weight is 323 g/mol. The molecule has 22 heavy (non-hydrogen) atoms. The summed E-state index contributed by atoms with van der Waals surface area (Å²) in [6, 6.07) is 4.91. The third kappa shape index (κ3) is 3.08. The maximum Gasteiger partial charge on any atom is 0.253 e. The number of aromatic nitrogens is 4. The minimum atomic E-state index is -0.446. The third-order valence-electron chi connectivity index (χ3n) is 3.63. The minimum Gasteiger partial charge on any atom is -0.391 e. The first-order valence-corrected chi connectivity index (χ1v) is 7.23. The summed E-state index contributed by atoms with van der Waals surface area (Å²) < 4.78 is 1.40. The van der Waals surface area contributed by atoms with Gasteiger partial charge < -0.3 is 15.7 Å². The predicted molar refractivity (Wildman–Crippen MR) is 78.9 cm³/mol. The summed E-state index contributed by atoms with van der Waals surface area (Å²) in [5.41, 5.74) is 0.914. The van der Waals surface area contributed by atoms with Crippen LogP contribution in [0.2, 0.25) is 5.02 Å². The van der Waals surface area contributed by atoms with Crippen LogP contribution in [0.25, 0.3) is 5.69 Å². The summed E-state index contributed by atoms with van der Waals surface area (Å²) >= 11 is 5.98. The van der Waals surface area contributed by atoms with Crippen molar-refractivity contribution >= 4 is 17.5 Å². The highest BCUT2D eigenvalue weighted by Crippen LogP contribution is 2.19. The van der Waals surface area contributed by atoms with E-state index in [9.17, 15) is 9.90 Å². The van der Waals surface area contributed by atoms with Crippen LogP contribution in [0.5, 0.6) is 0 Å². The van der Waals surface area contributed by atoms with Gasteiger partial charge in [-0.1, -0.05) is 11.6 Å². The van der Waals surface area contributed by atoms with Gasteiger partial charge in [0.1, 0.15) is 6.33 Å². The molecule has 1 aromatic heterocycles. The molecule has 0 spiro atoms. The zero-order valence-electron chi connectivity index (χ0n) is 11.6. The second-order valence-corrected chi connectivity index (χ2v) is 5.55. The van der Waals surface area contributed by atoms with Crippen LogP contribution in [0, 0.1) is 5.92 Å². The van der Waals surface area contributed by atoms with E-state index in [1.807, 2.05) is 0 Å². The molecule has 2 atom stereocenters. The van der Waals surface area contributed by atoms with Gasteiger partial charge in [0.25, 0.3) is 5.91 Å². The average Bonchev–Trinajstić information content (AvgIpc) is 3.16. The molecule has 1 saturated heterocycles. The van der Waals surface area contributed by atoms with Crippen LogP contribution in [0.1, 0.15) is 10.4 Å². The van der Waals surface area contributed by atoms with Gasteiger partial charge >= 0.3 is 0 Å². The molecule has 1 aliphatic heterocycles. The molecule has 1 fully saturated rings. The molecule has 2 aromatic rings. The van der Waals surface area contributed by atoms with E-state index in [4.69, 9.17) is 11.6 Å². The Morgan fingerprint density at radius 2 is 2.36 bits per heavy atom. The third-order valence-corrected chi connectivity index (χ3v) is 3.86. The lowest BCUT2D eigenvalue weighted by molar-refractivity contribution is 0.0927. The Hall–Kier alpha value is -2.03. The van der Waals surface area contributed by atoms with Crippen molar-refractivity contribution in [3.8, 4) is 5.69 Å². The van der Waals surface area contributed by atoms with E-state index in [1.165, 1.54) is 11.0 Å². The zero-order valence-corrected chi connectivity index (χ0v) is 12.4. The molecule has 3 N–H and O–H groups in total. The van der Waals surface area contributed by atoms with Crippen molar-refractivity contribution in [1.29, 1.82) is 0 Å². The van der Waals surface area contributed by atoms with Gasteiger partial charge in [0.05, 0.1) is 17.4 Å². The molecule has 1 aliphatic rings. The lowest BCUT2D eigenvalue weighted by Gasteiger charge is -2.15. The molecule has 0 aliphatic carbocycles. The smallest absolute Gasteiger partial charge is 0.253 e. The number of amides is 1. The van der Waals surface area contributed by atoms with Crippen molar-refractivity contribution in [1.82, 2.24) is 30.8 Å². The molecule has 116 valence electrons. The van der Waals surface area contributed by atoms with Gasteiger partial charge in [0.2, 0.25) is 0 Å². The van der Waals surface area contributed by atoms with E-state index in [0.29, 0.717) is 35.9 Å². The van der Waals surface area contributed by atoms with Crippen LogP contribution >= 0.6 is 11.6 Å². The topological polar surface area (TPSA) is 105 Å². The van der Waals surface area contributed by atoms with Crippen LogP contribution in [0.4, 0.5) is 0 Å². The van der Waals surface area contributed by atoms with Gasteiger partial charge in [-0.2, -0.15) is 4.68 Å². The monoisotopic (exact) mass is 322 g/mol. The maximum absolute atomic E-state index is 12.4. The number of aliphatic hydroxyl groups excluding tert-OH is 1. The quantitative estimate of drug-likeness (QED) is 0.709. The summed E-state index contributed by atoms with van der Waals surface area (Å²) in [5, 5.41) is 27.0. The molecule has 3 rings (SSSR count). The second-order valence-electron chi connectivity index (χ2n) is 5.11. The number of tetrazole rings is 1. The summed E-state index contributed by atoms with van der Waals surface area (Å²) in [5.74, 6) is -0.285. The number of nitrogens with one attached hydrogen (secondary N) is 2. The van der Waals surface area contributed by atoms with Crippen molar-refractivity contribution in [2.75, 3.05) is 19.6 Å². The standard InChI is InChI=1S/C13H15ClN6O2/c14-9-1-2-11(20-7-17-18-19-20)10(3-9)13(22)16-5-8-4-15-6-12(8)21/h1-3,7-8,12,15,21H,4-6H2,(H,16,22). The number of hydrogen-bond donors (Lipinski definition) is 3. The Balaban J connectivity index is 1.78. The lowest BCUT2D eigenvalue weighted by atomic mass is 10.1. The first kappa shape index (κ1) is 14.9. The molecule has 9 heteroatoms. The molecule has 1 aromatic carbocycles. The lowest BCUT2D eigenvalue weighted by Crippen LogP contribution is -2.34. The van der Waals surface area contributed by atoms with Crippen molar-refractivity contribution < 1.29 is 9.90 Å². The molecule has 8 nitrogen and oxygen atoms in total. The van der Waals surface area contributed by atoms with Gasteiger partial charge in [-0.05, 0) is 28.6 Å². The molecular formula is C13H15ClN6O2. The van der Waals surface area contributed by atoms with Gasteiger partial charge in [0, 0.05) is 30.6 Å². The normalized spacial score (nSPS) is 21.0. The van der Waals surface area contributed by atoms with Crippen LogP contribution in [-0.2, 0) is 0 Å². The van der Waals surface area contributed by atoms with Gasteiger partial charge in [-0.25, -0.2) is 0 Å². The molecule has 2 unspecified atom stereocenters. The van der Waals surface area contributed by atoms with E-state index in [1.54, 1.807) is 18.2 Å². The number of benzene rings is 1. The Kier molecular flexibility index (Phi) is 4.32. The Morgan fingerprint density at radius 1 is 1.50 bits per heavy atom. The minimum absolute atomic E-state index is 0.000351. The van der Waals surface area contributed by atoms with Crippen molar-refractivity contribution in [2.45, 2.75) is 6.10 Å². The fourth-order valence-corrected chi connectivity index (χ4v) is 2.58. The number of hydrogen-bond acceptors (Lipinski definition) is 6. The van der Waals surface area contributed by atoms with Crippen LogP contribution in [0.3, 0.4) is 0 Å². The Bertz CT molecular complexity index is 663. The predicted octanol–water partition coefficient (Wildman–Crippen LogP) is -0.374. The molecule has 1 amide bonds. The first-order chi connectivity index (χ1) is 10.6. The van der Waals surface area contributed by atoms with E-state index in [-0.39, 0.29) is 11.8 Å². The van der Waals surface area contributed by atoms with Crippen molar-refractivity contribution in [3.05, 3.63) is 35.1 Å². The van der Waals surface area contributed by atoms with E-state index in [2.05, 4.69) is 26.2 Å². The highest BCUT2D eigenvalue weighted by atomic mass is 35.5. The summed E-state index contributed by atoms with van der Waals surface area (Å²) in [4.78, 5) is 12.4. The van der Waals surface area contributed by atoms with Gasteiger partial charge in [0.15, 0.2) is 0 Å². The Labute approximate surface area is 131 Å². The SMILES string of the molecule is O=C(NCC1CNCC1O)c1cc(Cl)ccc1-n1cnnn1. The number of rotatable bonds is 4. The maximum atomic E-state index is 12.4. The number of halogens is 1. The number of carbonyl (C=O) groups is 1. The molecule has 0 radical (unpaired) electrons. The number of carbonyl (C=O) groups excluding carboxylic acids is 1. The molecule has 0 bridgehead atoms. The summed E-state index contributed by atoms with van der Waals surface area (Å²) in [6.07, 6.45) is 0.962.